The first-order chi connectivity index (χ1) is 10.8. The fourth-order valence-corrected chi connectivity index (χ4v) is 2.23. The Morgan fingerprint density at radius 2 is 1.67 bits per heavy atom. The van der Waals surface area contributed by atoms with Crippen LogP contribution in [0.25, 0.3) is 0 Å². The molecule has 0 amide bonds. The molecule has 24 heavy (non-hydrogen) atoms. The minimum absolute atomic E-state index is 0.00400. The van der Waals surface area contributed by atoms with E-state index in [1.807, 2.05) is 0 Å². The molecule has 132 valence electrons. The minimum atomic E-state index is -5.06. The Morgan fingerprint density at radius 1 is 1.04 bits per heavy atom. The summed E-state index contributed by atoms with van der Waals surface area (Å²) in [6.07, 6.45) is -9.42. The lowest BCUT2D eigenvalue weighted by atomic mass is 9.87. The molecule has 0 fully saturated rings. The van der Waals surface area contributed by atoms with E-state index in [1.54, 1.807) is 0 Å². The van der Waals surface area contributed by atoms with Crippen molar-refractivity contribution in [3.05, 3.63) is 47.5 Å². The summed E-state index contributed by atoms with van der Waals surface area (Å²) in [5, 5.41) is 14.2. The van der Waals surface area contributed by atoms with Crippen molar-refractivity contribution in [2.75, 3.05) is 0 Å². The molecule has 0 aliphatic rings. The fourth-order valence-electron chi connectivity index (χ4n) is 2.23. The average Bonchev–Trinajstić information content (AvgIpc) is 2.98. The van der Waals surface area contributed by atoms with Crippen LogP contribution in [0.4, 0.5) is 26.3 Å². The summed E-state index contributed by atoms with van der Waals surface area (Å²) < 4.78 is 78.8. The van der Waals surface area contributed by atoms with Crippen LogP contribution >= 0.6 is 0 Å². The van der Waals surface area contributed by atoms with Gasteiger partial charge in [-0.1, -0.05) is 6.07 Å². The summed E-state index contributed by atoms with van der Waals surface area (Å²) in [4.78, 5) is 3.65. The van der Waals surface area contributed by atoms with Crippen molar-refractivity contribution in [1.82, 2.24) is 14.8 Å². The minimum Gasteiger partial charge on any atom is -0.386 e. The van der Waals surface area contributed by atoms with Crippen LogP contribution in [-0.4, -0.2) is 19.9 Å². The van der Waals surface area contributed by atoms with Crippen LogP contribution < -0.4 is 0 Å². The molecule has 1 aromatic carbocycles. The number of rotatable bonds is 3. The monoisotopic (exact) mass is 353 g/mol. The number of benzene rings is 1. The molecule has 10 heteroatoms. The predicted molar refractivity (Wildman–Crippen MR) is 70.7 cm³/mol. The molecule has 0 aliphatic heterocycles. The van der Waals surface area contributed by atoms with E-state index in [2.05, 4.69) is 10.1 Å². The van der Waals surface area contributed by atoms with Gasteiger partial charge in [0.1, 0.15) is 18.8 Å². The number of hydrogen-bond donors (Lipinski definition) is 1. The van der Waals surface area contributed by atoms with E-state index in [9.17, 15) is 31.4 Å². The normalized spacial score (nSPS) is 14.7. The highest BCUT2D eigenvalue weighted by molar-refractivity contribution is 5.38. The first-order valence-electron chi connectivity index (χ1n) is 6.66. The van der Waals surface area contributed by atoms with E-state index in [1.165, 1.54) is 20.2 Å². The maximum atomic E-state index is 13.2. The van der Waals surface area contributed by atoms with Gasteiger partial charge in [0.05, 0.1) is 16.7 Å². The fraction of sp³-hybridized carbons (Fsp3) is 0.429. The number of halogens is 6. The molecule has 0 spiro atoms. The second-order valence-electron chi connectivity index (χ2n) is 5.69. The van der Waals surface area contributed by atoms with Gasteiger partial charge in [-0.3, -0.25) is 0 Å². The van der Waals surface area contributed by atoms with Crippen molar-refractivity contribution in [3.8, 4) is 0 Å². The van der Waals surface area contributed by atoms with Gasteiger partial charge in [-0.15, -0.1) is 0 Å². The van der Waals surface area contributed by atoms with Gasteiger partial charge in [0.2, 0.25) is 0 Å². The number of aliphatic hydroxyl groups is 1. The topological polar surface area (TPSA) is 50.9 Å². The maximum Gasteiger partial charge on any atom is 0.416 e. The summed E-state index contributed by atoms with van der Waals surface area (Å²) in [7, 11) is 0. The van der Waals surface area contributed by atoms with Gasteiger partial charge in [0.15, 0.2) is 0 Å². The Bertz CT molecular complexity index is 706. The van der Waals surface area contributed by atoms with Crippen LogP contribution in [0, 0.1) is 0 Å². The van der Waals surface area contributed by atoms with Crippen LogP contribution in [-0.2, 0) is 17.9 Å². The van der Waals surface area contributed by atoms with Gasteiger partial charge in [-0.2, -0.15) is 31.4 Å². The van der Waals surface area contributed by atoms with Crippen molar-refractivity contribution < 1.29 is 31.4 Å². The molecule has 0 aliphatic carbocycles. The summed E-state index contributed by atoms with van der Waals surface area (Å²) >= 11 is 0. The lowest BCUT2D eigenvalue weighted by molar-refractivity contribution is -0.144. The van der Waals surface area contributed by atoms with E-state index in [0.29, 0.717) is 12.1 Å². The van der Waals surface area contributed by atoms with Crippen LogP contribution in [0.5, 0.6) is 0 Å². The van der Waals surface area contributed by atoms with E-state index in [-0.39, 0.29) is 6.07 Å². The zero-order chi connectivity index (χ0) is 18.3. The Labute approximate surface area is 132 Å². The smallest absolute Gasteiger partial charge is 0.386 e. The molecule has 0 radical (unpaired) electrons. The molecule has 0 saturated heterocycles. The second kappa shape index (κ2) is 5.76. The van der Waals surface area contributed by atoms with Crippen LogP contribution in [0.1, 0.15) is 36.6 Å². The summed E-state index contributed by atoms with van der Waals surface area (Å²) in [5.74, 6) is 0. The first kappa shape index (κ1) is 18.2. The number of aliphatic hydroxyl groups excluding tert-OH is 1. The van der Waals surface area contributed by atoms with Gasteiger partial charge in [0.25, 0.3) is 0 Å². The van der Waals surface area contributed by atoms with Crippen molar-refractivity contribution in [3.63, 3.8) is 0 Å². The third kappa shape index (κ3) is 3.37. The van der Waals surface area contributed by atoms with Crippen molar-refractivity contribution in [1.29, 1.82) is 0 Å². The molecule has 2 aromatic rings. The van der Waals surface area contributed by atoms with Crippen LogP contribution in [0.15, 0.2) is 30.9 Å². The average molecular weight is 353 g/mol. The molecule has 4 nitrogen and oxygen atoms in total. The van der Waals surface area contributed by atoms with E-state index in [4.69, 9.17) is 0 Å². The lowest BCUT2D eigenvalue weighted by Gasteiger charge is -2.32. The van der Waals surface area contributed by atoms with E-state index < -0.39 is 40.7 Å². The summed E-state index contributed by atoms with van der Waals surface area (Å²) in [6.45, 7) is 2.79. The quantitative estimate of drug-likeness (QED) is 0.855. The number of aromatic nitrogens is 3. The zero-order valence-corrected chi connectivity index (χ0v) is 12.5. The van der Waals surface area contributed by atoms with Crippen LogP contribution in [0.2, 0.25) is 0 Å². The Kier molecular flexibility index (Phi) is 4.38. The SMILES string of the molecule is CC(C)(C(O)c1ccc(C(F)(F)F)cc1C(F)(F)F)n1cncn1. The van der Waals surface area contributed by atoms with Crippen molar-refractivity contribution >= 4 is 0 Å². The van der Waals surface area contributed by atoms with Crippen molar-refractivity contribution in [2.24, 2.45) is 0 Å². The molecule has 1 atom stereocenters. The number of alkyl halides is 6. The molecule has 1 aromatic heterocycles. The van der Waals surface area contributed by atoms with Gasteiger partial charge in [-0.25, -0.2) is 9.67 Å². The van der Waals surface area contributed by atoms with E-state index in [0.717, 1.165) is 11.0 Å². The second-order valence-corrected chi connectivity index (χ2v) is 5.69. The molecule has 0 bridgehead atoms. The predicted octanol–water partition coefficient (Wildman–Crippen LogP) is 3.78. The zero-order valence-electron chi connectivity index (χ0n) is 12.5. The summed E-state index contributed by atoms with van der Waals surface area (Å²) in [5.41, 5.74) is -5.02. The number of nitrogens with zero attached hydrogens (tertiary/aromatic N) is 3. The van der Waals surface area contributed by atoms with E-state index >= 15 is 0 Å². The third-order valence-electron chi connectivity index (χ3n) is 3.66. The highest BCUT2D eigenvalue weighted by Crippen LogP contribution is 2.42. The molecule has 1 unspecified atom stereocenters. The molecule has 2 rings (SSSR count). The molecule has 1 heterocycles. The Hall–Kier alpha value is -2.10. The largest absolute Gasteiger partial charge is 0.416 e. The highest BCUT2D eigenvalue weighted by Gasteiger charge is 2.42. The lowest BCUT2D eigenvalue weighted by Crippen LogP contribution is -2.35. The molecule has 0 saturated carbocycles. The van der Waals surface area contributed by atoms with Gasteiger partial charge >= 0.3 is 12.4 Å². The first-order valence-corrected chi connectivity index (χ1v) is 6.66. The number of hydrogen-bond acceptors (Lipinski definition) is 3. The van der Waals surface area contributed by atoms with Crippen LogP contribution in [0.3, 0.4) is 0 Å². The Morgan fingerprint density at radius 3 is 2.12 bits per heavy atom. The van der Waals surface area contributed by atoms with Crippen molar-refractivity contribution in [2.45, 2.75) is 37.8 Å². The molecule has 1 N–H and O–H groups in total. The molecular formula is C14H13F6N3O. The Balaban J connectivity index is 2.57. The highest BCUT2D eigenvalue weighted by atomic mass is 19.4. The standard InChI is InChI=1S/C14H13F6N3O/c1-12(2,23-7-21-6-22-23)11(24)9-4-3-8(13(15,16)17)5-10(9)14(18,19)20/h3-7,11,24H,1-2H3. The van der Waals surface area contributed by atoms with Gasteiger partial charge < -0.3 is 5.11 Å². The summed E-state index contributed by atoms with van der Waals surface area (Å²) in [6, 6.07) is 1.14. The van der Waals surface area contributed by atoms with Gasteiger partial charge in [0, 0.05) is 0 Å². The third-order valence-corrected chi connectivity index (χ3v) is 3.66. The maximum absolute atomic E-state index is 13.2. The molecular weight excluding hydrogens is 340 g/mol. The van der Waals surface area contributed by atoms with Gasteiger partial charge in [-0.05, 0) is 31.5 Å².